The summed E-state index contributed by atoms with van der Waals surface area (Å²) in [6, 6.07) is 10.3. The Balaban J connectivity index is 0. The minimum Gasteiger partial charge on any atom is -0.308 e. The van der Waals surface area contributed by atoms with Gasteiger partial charge in [0.1, 0.15) is 0 Å². The highest BCUT2D eigenvalue weighted by molar-refractivity contribution is 5.77. The van der Waals surface area contributed by atoms with Crippen molar-refractivity contribution in [1.29, 1.82) is 5.41 Å². The maximum Gasteiger partial charge on any atom is 0.0212 e. The Labute approximate surface area is 120 Å². The summed E-state index contributed by atoms with van der Waals surface area (Å²) in [5.74, 6) is 0. The number of nitrogens with one attached hydrogen (secondary N) is 1. The van der Waals surface area contributed by atoms with E-state index in [0.29, 0.717) is 0 Å². The Morgan fingerprint density at radius 3 is 1.84 bits per heavy atom. The van der Waals surface area contributed by atoms with E-state index in [1.165, 1.54) is 11.8 Å². The van der Waals surface area contributed by atoms with Crippen molar-refractivity contribution in [3.05, 3.63) is 47.5 Å². The number of hydrogen-bond acceptors (Lipinski definition) is 1. The van der Waals surface area contributed by atoms with E-state index >= 15 is 0 Å². The lowest BCUT2D eigenvalue weighted by Crippen LogP contribution is -2.10. The van der Waals surface area contributed by atoms with Crippen molar-refractivity contribution in [3.8, 4) is 0 Å². The van der Waals surface area contributed by atoms with Crippen molar-refractivity contribution in [2.75, 3.05) is 0 Å². The Hall–Kier alpha value is -1.37. The van der Waals surface area contributed by atoms with Crippen LogP contribution in [0, 0.1) is 10.8 Å². The van der Waals surface area contributed by atoms with Gasteiger partial charge in [-0.3, -0.25) is 0 Å². The van der Waals surface area contributed by atoms with Gasteiger partial charge in [0.05, 0.1) is 0 Å². The molecule has 0 aliphatic carbocycles. The van der Waals surface area contributed by atoms with Crippen LogP contribution in [0.4, 0.5) is 0 Å². The molecule has 0 atom stereocenters. The number of allylic oxidation sites excluding steroid dienone is 2. The second-order valence-electron chi connectivity index (χ2n) is 4.74. The molecular weight excluding hydrogens is 230 g/mol. The summed E-state index contributed by atoms with van der Waals surface area (Å²) in [7, 11) is 0. The highest BCUT2D eigenvalue weighted by atomic mass is 14.4. The van der Waals surface area contributed by atoms with Gasteiger partial charge in [0.15, 0.2) is 0 Å². The number of rotatable bonds is 3. The highest BCUT2D eigenvalue weighted by Crippen LogP contribution is 2.23. The van der Waals surface area contributed by atoms with Crippen LogP contribution in [0.1, 0.15) is 54.0 Å². The molecule has 1 heteroatoms. The summed E-state index contributed by atoms with van der Waals surface area (Å²) in [5.41, 5.74) is 2.45. The molecule has 1 N–H and O–H groups in total. The molecule has 108 valence electrons. The summed E-state index contributed by atoms with van der Waals surface area (Å²) >= 11 is 0. The van der Waals surface area contributed by atoms with Crippen LogP contribution in [0.2, 0.25) is 0 Å². The zero-order valence-electron chi connectivity index (χ0n) is 13.7. The minimum absolute atomic E-state index is 0.0660. The minimum atomic E-state index is 0.0660. The standard InChI is InChI=1S/C14H19N.2C2H6/c1-14(2,3)13(11-15)10-9-12-7-5-4-6-8-12;2*1-2/h4-8,10-11,15H,9H2,1-3H3;2*1-2H3/b13-10+,15-11?;;. The lowest BCUT2D eigenvalue weighted by atomic mass is 9.86. The van der Waals surface area contributed by atoms with E-state index in [0.717, 1.165) is 12.0 Å². The van der Waals surface area contributed by atoms with Gasteiger partial charge in [-0.15, -0.1) is 0 Å². The molecule has 0 heterocycles. The van der Waals surface area contributed by atoms with Gasteiger partial charge in [-0.2, -0.15) is 0 Å². The van der Waals surface area contributed by atoms with E-state index in [-0.39, 0.29) is 5.41 Å². The van der Waals surface area contributed by atoms with E-state index in [4.69, 9.17) is 5.41 Å². The largest absolute Gasteiger partial charge is 0.308 e. The Morgan fingerprint density at radius 1 is 1.00 bits per heavy atom. The van der Waals surface area contributed by atoms with E-state index in [9.17, 15) is 0 Å². The van der Waals surface area contributed by atoms with E-state index in [1.54, 1.807) is 0 Å². The highest BCUT2D eigenvalue weighted by Gasteiger charge is 2.13. The van der Waals surface area contributed by atoms with Crippen LogP contribution < -0.4 is 0 Å². The fourth-order valence-corrected chi connectivity index (χ4v) is 1.42. The zero-order chi connectivity index (χ0) is 15.3. The van der Waals surface area contributed by atoms with Crippen LogP contribution in [0.3, 0.4) is 0 Å². The lowest BCUT2D eigenvalue weighted by molar-refractivity contribution is 0.524. The average Bonchev–Trinajstić information content (AvgIpc) is 2.43. The first-order valence-electron chi connectivity index (χ1n) is 7.29. The summed E-state index contributed by atoms with van der Waals surface area (Å²) in [6.45, 7) is 14.4. The van der Waals surface area contributed by atoms with Gasteiger partial charge in [0, 0.05) is 6.21 Å². The first-order chi connectivity index (χ1) is 9.04. The van der Waals surface area contributed by atoms with Gasteiger partial charge in [-0.05, 0) is 23.0 Å². The molecule has 0 bridgehead atoms. The first-order valence-corrected chi connectivity index (χ1v) is 7.29. The normalized spacial score (nSPS) is 10.6. The molecule has 1 aromatic rings. The number of hydrogen-bond donors (Lipinski definition) is 1. The molecule has 0 radical (unpaired) electrons. The van der Waals surface area contributed by atoms with Crippen molar-refractivity contribution in [1.82, 2.24) is 0 Å². The van der Waals surface area contributed by atoms with Gasteiger partial charge in [-0.1, -0.05) is 84.9 Å². The monoisotopic (exact) mass is 261 g/mol. The smallest absolute Gasteiger partial charge is 0.0212 e. The lowest BCUT2D eigenvalue weighted by Gasteiger charge is -2.19. The molecule has 1 nitrogen and oxygen atoms in total. The van der Waals surface area contributed by atoms with Crippen molar-refractivity contribution < 1.29 is 0 Å². The number of benzene rings is 1. The second-order valence-corrected chi connectivity index (χ2v) is 4.74. The molecule has 0 unspecified atom stereocenters. The predicted molar refractivity (Wildman–Crippen MR) is 89.2 cm³/mol. The van der Waals surface area contributed by atoms with Gasteiger partial charge in [0.25, 0.3) is 0 Å². The Morgan fingerprint density at radius 2 is 1.47 bits per heavy atom. The molecule has 1 aromatic carbocycles. The maximum atomic E-state index is 7.39. The van der Waals surface area contributed by atoms with E-state index in [1.807, 2.05) is 45.9 Å². The molecule has 0 saturated carbocycles. The topological polar surface area (TPSA) is 23.9 Å². The molecule has 0 spiro atoms. The molecule has 0 saturated heterocycles. The third kappa shape index (κ3) is 9.24. The molecule has 1 rings (SSSR count). The van der Waals surface area contributed by atoms with Gasteiger partial charge in [0.2, 0.25) is 0 Å². The van der Waals surface area contributed by atoms with Crippen LogP contribution in [0.15, 0.2) is 42.0 Å². The van der Waals surface area contributed by atoms with Crippen LogP contribution >= 0.6 is 0 Å². The van der Waals surface area contributed by atoms with Gasteiger partial charge in [-0.25, -0.2) is 0 Å². The predicted octanol–water partition coefficient (Wildman–Crippen LogP) is 5.90. The maximum absolute atomic E-state index is 7.39. The third-order valence-electron chi connectivity index (χ3n) is 2.42. The summed E-state index contributed by atoms with van der Waals surface area (Å²) < 4.78 is 0. The van der Waals surface area contributed by atoms with Crippen molar-refractivity contribution in [3.63, 3.8) is 0 Å². The average molecular weight is 261 g/mol. The van der Waals surface area contributed by atoms with Crippen molar-refractivity contribution in [2.45, 2.75) is 54.9 Å². The zero-order valence-corrected chi connectivity index (χ0v) is 13.7. The van der Waals surface area contributed by atoms with E-state index < -0.39 is 0 Å². The van der Waals surface area contributed by atoms with Crippen LogP contribution in [-0.2, 0) is 6.42 Å². The summed E-state index contributed by atoms with van der Waals surface area (Å²) in [5, 5.41) is 7.39. The van der Waals surface area contributed by atoms with Crippen LogP contribution in [0.5, 0.6) is 0 Å². The summed E-state index contributed by atoms with van der Waals surface area (Å²) in [6.07, 6.45) is 4.51. The fraction of sp³-hybridized carbons (Fsp3) is 0.500. The van der Waals surface area contributed by atoms with E-state index in [2.05, 4.69) is 39.0 Å². The SMILES string of the molecule is CC.CC.CC(C)(C)/C(C=N)=C/Cc1ccccc1. The molecule has 19 heavy (non-hydrogen) atoms. The molecule has 0 aromatic heterocycles. The van der Waals surface area contributed by atoms with Crippen LogP contribution in [0.25, 0.3) is 0 Å². The second kappa shape index (κ2) is 11.7. The Kier molecular flexibility index (Phi) is 12.3. The summed E-state index contributed by atoms with van der Waals surface area (Å²) in [4.78, 5) is 0. The first kappa shape index (κ1) is 20.0. The van der Waals surface area contributed by atoms with Gasteiger partial charge >= 0.3 is 0 Å². The fourth-order valence-electron chi connectivity index (χ4n) is 1.42. The molecule has 0 aliphatic heterocycles. The van der Waals surface area contributed by atoms with Crippen molar-refractivity contribution in [2.24, 2.45) is 5.41 Å². The van der Waals surface area contributed by atoms with Crippen molar-refractivity contribution >= 4 is 6.21 Å². The molecule has 0 aliphatic rings. The van der Waals surface area contributed by atoms with Gasteiger partial charge < -0.3 is 5.41 Å². The third-order valence-corrected chi connectivity index (χ3v) is 2.42. The molecule has 0 amide bonds. The van der Waals surface area contributed by atoms with Crippen LogP contribution in [-0.4, -0.2) is 6.21 Å². The Bertz CT molecular complexity index is 342. The quantitative estimate of drug-likeness (QED) is 0.655. The molecule has 0 fully saturated rings. The molecular formula is C18H31N.